The number of hydrogen-bond donors (Lipinski definition) is 2. The zero-order chi connectivity index (χ0) is 18.9. The van der Waals surface area contributed by atoms with Gasteiger partial charge < -0.3 is 20.1 Å². The average Bonchev–Trinajstić information content (AvgIpc) is 2.50. The Hall–Kier alpha value is -1.75. The highest BCUT2D eigenvalue weighted by Gasteiger charge is 2.16. The number of ether oxygens (including phenoxy) is 2. The Morgan fingerprint density at radius 2 is 1.76 bits per heavy atom. The van der Waals surface area contributed by atoms with Crippen molar-refractivity contribution in [3.63, 3.8) is 0 Å². The van der Waals surface area contributed by atoms with Gasteiger partial charge >= 0.3 is 6.09 Å². The molecular weight excluding hydrogens is 316 g/mol. The van der Waals surface area contributed by atoms with Gasteiger partial charge in [-0.15, -0.1) is 0 Å². The Morgan fingerprint density at radius 1 is 1.12 bits per heavy atom. The van der Waals surface area contributed by atoms with Crippen LogP contribution in [-0.2, 0) is 11.3 Å². The first kappa shape index (κ1) is 21.3. The van der Waals surface area contributed by atoms with Gasteiger partial charge in [0.1, 0.15) is 11.4 Å². The summed E-state index contributed by atoms with van der Waals surface area (Å²) in [5.41, 5.74) is 0.708. The van der Waals surface area contributed by atoms with Crippen LogP contribution in [-0.4, -0.2) is 30.9 Å². The van der Waals surface area contributed by atoms with E-state index >= 15 is 0 Å². The third kappa shape index (κ3) is 10.7. The zero-order valence-corrected chi connectivity index (χ0v) is 16.5. The summed E-state index contributed by atoms with van der Waals surface area (Å²) < 4.78 is 10.9. The molecule has 0 aromatic heterocycles. The first-order chi connectivity index (χ1) is 11.7. The Kier molecular flexibility index (Phi) is 8.76. The van der Waals surface area contributed by atoms with E-state index in [-0.39, 0.29) is 12.1 Å². The van der Waals surface area contributed by atoms with Crippen LogP contribution < -0.4 is 15.4 Å². The molecule has 25 heavy (non-hydrogen) atoms. The summed E-state index contributed by atoms with van der Waals surface area (Å²) in [5.74, 6) is 1.56. The van der Waals surface area contributed by atoms with Crippen LogP contribution in [0.5, 0.6) is 5.75 Å². The van der Waals surface area contributed by atoms with E-state index in [9.17, 15) is 4.79 Å². The van der Waals surface area contributed by atoms with Crippen LogP contribution in [0, 0.1) is 5.92 Å². The van der Waals surface area contributed by atoms with Gasteiger partial charge in [0.2, 0.25) is 0 Å². The van der Waals surface area contributed by atoms with E-state index in [2.05, 4.69) is 36.6 Å². The van der Waals surface area contributed by atoms with Crippen molar-refractivity contribution >= 4 is 6.09 Å². The number of alkyl carbamates (subject to hydrolysis) is 1. The standard InChI is InChI=1S/C20H34N2O3/c1-15(2)11-12-24-18-9-7-17(8-10-18)14-21-16(3)13-22-19(23)25-20(4,5)6/h7-10,15-16,21H,11-14H2,1-6H3,(H,22,23). The van der Waals surface area contributed by atoms with Gasteiger partial charge in [-0.25, -0.2) is 4.79 Å². The minimum Gasteiger partial charge on any atom is -0.494 e. The number of nitrogens with one attached hydrogen (secondary N) is 2. The Bertz CT molecular complexity index is 507. The molecule has 0 aliphatic carbocycles. The molecule has 1 rings (SSSR count). The molecule has 1 amide bonds. The maximum absolute atomic E-state index is 11.6. The van der Waals surface area contributed by atoms with Crippen molar-refractivity contribution in [1.82, 2.24) is 10.6 Å². The fourth-order valence-electron chi connectivity index (χ4n) is 2.03. The lowest BCUT2D eigenvalue weighted by Crippen LogP contribution is -2.40. The highest BCUT2D eigenvalue weighted by molar-refractivity contribution is 5.67. The first-order valence-corrected chi connectivity index (χ1v) is 9.07. The largest absolute Gasteiger partial charge is 0.494 e. The number of benzene rings is 1. The maximum atomic E-state index is 11.6. The van der Waals surface area contributed by atoms with E-state index in [0.29, 0.717) is 12.5 Å². The SMILES string of the molecule is CC(C)CCOc1ccc(CNC(C)CNC(=O)OC(C)(C)C)cc1. The molecule has 2 N–H and O–H groups in total. The van der Waals surface area contributed by atoms with E-state index in [1.807, 2.05) is 39.8 Å². The molecule has 1 aromatic carbocycles. The molecule has 0 aliphatic rings. The van der Waals surface area contributed by atoms with Gasteiger partial charge in [-0.3, -0.25) is 0 Å². The molecule has 1 unspecified atom stereocenters. The summed E-state index contributed by atoms with van der Waals surface area (Å²) in [7, 11) is 0. The van der Waals surface area contributed by atoms with Gasteiger partial charge in [0.15, 0.2) is 0 Å². The summed E-state index contributed by atoms with van der Waals surface area (Å²) in [6, 6.07) is 8.27. The fourth-order valence-corrected chi connectivity index (χ4v) is 2.03. The lowest BCUT2D eigenvalue weighted by molar-refractivity contribution is 0.0523. The number of hydrogen-bond acceptors (Lipinski definition) is 4. The molecule has 1 atom stereocenters. The maximum Gasteiger partial charge on any atom is 0.407 e. The molecule has 0 saturated carbocycles. The number of rotatable bonds is 9. The third-order valence-corrected chi connectivity index (χ3v) is 3.49. The topological polar surface area (TPSA) is 59.6 Å². The summed E-state index contributed by atoms with van der Waals surface area (Å²) in [6.45, 7) is 14.0. The van der Waals surface area contributed by atoms with Crippen LogP contribution in [0.2, 0.25) is 0 Å². The molecule has 0 aliphatic heterocycles. The van der Waals surface area contributed by atoms with Crippen molar-refractivity contribution in [2.45, 2.75) is 66.2 Å². The minimum atomic E-state index is -0.472. The van der Waals surface area contributed by atoms with Crippen molar-refractivity contribution in [3.05, 3.63) is 29.8 Å². The van der Waals surface area contributed by atoms with Crippen LogP contribution in [0.4, 0.5) is 4.79 Å². The van der Waals surface area contributed by atoms with E-state index in [0.717, 1.165) is 25.3 Å². The highest BCUT2D eigenvalue weighted by atomic mass is 16.6. The van der Waals surface area contributed by atoms with Crippen LogP contribution in [0.25, 0.3) is 0 Å². The smallest absolute Gasteiger partial charge is 0.407 e. The van der Waals surface area contributed by atoms with E-state index in [1.54, 1.807) is 0 Å². The predicted molar refractivity (Wildman–Crippen MR) is 102 cm³/mol. The second-order valence-corrected chi connectivity index (χ2v) is 7.84. The molecule has 1 aromatic rings. The van der Waals surface area contributed by atoms with Crippen molar-refractivity contribution in [2.75, 3.05) is 13.2 Å². The summed E-state index contributed by atoms with van der Waals surface area (Å²) >= 11 is 0. The second kappa shape index (κ2) is 10.3. The minimum absolute atomic E-state index is 0.148. The second-order valence-electron chi connectivity index (χ2n) is 7.84. The summed E-state index contributed by atoms with van der Waals surface area (Å²) in [5, 5.41) is 6.16. The van der Waals surface area contributed by atoms with Crippen molar-refractivity contribution in [1.29, 1.82) is 0 Å². The van der Waals surface area contributed by atoms with Crippen LogP contribution in [0.3, 0.4) is 0 Å². The quantitative estimate of drug-likeness (QED) is 0.703. The van der Waals surface area contributed by atoms with Crippen LogP contribution in [0.1, 0.15) is 53.5 Å². The average molecular weight is 351 g/mol. The van der Waals surface area contributed by atoms with E-state index < -0.39 is 5.60 Å². The third-order valence-electron chi connectivity index (χ3n) is 3.49. The molecule has 0 saturated heterocycles. The fraction of sp³-hybridized carbons (Fsp3) is 0.650. The Balaban J connectivity index is 2.27. The molecular formula is C20H34N2O3. The zero-order valence-electron chi connectivity index (χ0n) is 16.5. The Morgan fingerprint density at radius 3 is 2.32 bits per heavy atom. The van der Waals surface area contributed by atoms with Gasteiger partial charge in [-0.2, -0.15) is 0 Å². The molecule has 5 heteroatoms. The summed E-state index contributed by atoms with van der Waals surface area (Å²) in [4.78, 5) is 11.6. The number of carbonyl (C=O) groups is 1. The van der Waals surface area contributed by atoms with Gasteiger partial charge in [-0.1, -0.05) is 26.0 Å². The predicted octanol–water partition coefficient (Wildman–Crippen LogP) is 4.11. The van der Waals surface area contributed by atoms with Gasteiger partial charge in [-0.05, 0) is 57.7 Å². The lowest BCUT2D eigenvalue weighted by atomic mass is 10.1. The van der Waals surface area contributed by atoms with E-state index in [1.165, 1.54) is 5.56 Å². The van der Waals surface area contributed by atoms with E-state index in [4.69, 9.17) is 9.47 Å². The number of amides is 1. The molecule has 0 radical (unpaired) electrons. The highest BCUT2D eigenvalue weighted by Crippen LogP contribution is 2.13. The first-order valence-electron chi connectivity index (χ1n) is 9.07. The lowest BCUT2D eigenvalue weighted by Gasteiger charge is -2.21. The van der Waals surface area contributed by atoms with Crippen molar-refractivity contribution in [3.8, 4) is 5.75 Å². The molecule has 142 valence electrons. The molecule has 5 nitrogen and oxygen atoms in total. The number of carbonyl (C=O) groups excluding carboxylic acids is 1. The van der Waals surface area contributed by atoms with Crippen LogP contribution in [0.15, 0.2) is 24.3 Å². The monoisotopic (exact) mass is 350 g/mol. The Labute approximate surface area is 152 Å². The van der Waals surface area contributed by atoms with Gasteiger partial charge in [0, 0.05) is 19.1 Å². The molecule has 0 heterocycles. The van der Waals surface area contributed by atoms with Crippen molar-refractivity contribution in [2.24, 2.45) is 5.92 Å². The summed E-state index contributed by atoms with van der Waals surface area (Å²) in [6.07, 6.45) is 0.676. The molecule has 0 bridgehead atoms. The molecule has 0 fully saturated rings. The van der Waals surface area contributed by atoms with Crippen molar-refractivity contribution < 1.29 is 14.3 Å². The normalized spacial score (nSPS) is 12.8. The van der Waals surface area contributed by atoms with Gasteiger partial charge in [0.25, 0.3) is 0 Å². The van der Waals surface area contributed by atoms with Crippen LogP contribution >= 0.6 is 0 Å². The molecule has 0 spiro atoms. The van der Waals surface area contributed by atoms with Gasteiger partial charge in [0.05, 0.1) is 6.61 Å².